The number of rotatable bonds is 3. The van der Waals surface area contributed by atoms with Crippen LogP contribution in [-0.2, 0) is 0 Å². The average Bonchev–Trinajstić information content (AvgIpc) is 2.96. The van der Waals surface area contributed by atoms with Crippen LogP contribution in [0, 0.1) is 0 Å². The van der Waals surface area contributed by atoms with Crippen molar-refractivity contribution < 1.29 is 0 Å². The molecule has 0 radical (unpaired) electrons. The van der Waals surface area contributed by atoms with Gasteiger partial charge in [-0.1, -0.05) is 24.3 Å². The number of anilines is 1. The van der Waals surface area contributed by atoms with Crippen molar-refractivity contribution in [3.63, 3.8) is 0 Å². The molecule has 100 valence electrons. The number of hydrogen-bond donors (Lipinski definition) is 1. The second-order valence-corrected chi connectivity index (χ2v) is 6.32. The average molecular weight is 274 g/mol. The quantitative estimate of drug-likeness (QED) is 0.934. The molecule has 1 N–H and O–H groups in total. The maximum atomic E-state index is 4.08. The summed E-state index contributed by atoms with van der Waals surface area (Å²) >= 11 is 2.05. The largest absolute Gasteiger partial charge is 0.379 e. The fourth-order valence-corrected chi connectivity index (χ4v) is 3.59. The molecule has 2 aromatic rings. The predicted molar refractivity (Wildman–Crippen MR) is 79.9 cm³/mol. The Labute approximate surface area is 117 Å². The van der Waals surface area contributed by atoms with Crippen LogP contribution in [0.25, 0.3) is 5.69 Å². The van der Waals surface area contributed by atoms with Gasteiger partial charge >= 0.3 is 0 Å². The third-order valence-electron chi connectivity index (χ3n) is 3.52. The Morgan fingerprint density at radius 3 is 3.05 bits per heavy atom. The lowest BCUT2D eigenvalue weighted by atomic mass is 10.1. The molecule has 3 rings (SSSR count). The van der Waals surface area contributed by atoms with Crippen LogP contribution in [0.15, 0.2) is 36.7 Å². The van der Waals surface area contributed by atoms with E-state index in [2.05, 4.69) is 52.5 Å². The van der Waals surface area contributed by atoms with E-state index in [9.17, 15) is 0 Å². The van der Waals surface area contributed by atoms with E-state index in [-0.39, 0.29) is 0 Å². The van der Waals surface area contributed by atoms with Gasteiger partial charge in [-0.15, -0.1) is 5.10 Å². The zero-order valence-corrected chi connectivity index (χ0v) is 11.8. The first kappa shape index (κ1) is 12.5. The standard InChI is InChI=1S/C14H18N4S/c1-11-12(6-4-10-19-11)16-13-5-2-3-7-14(13)18-9-8-15-17-18/h2-3,5,7-9,11-12,16H,4,6,10H2,1H3. The zero-order chi connectivity index (χ0) is 13.1. The summed E-state index contributed by atoms with van der Waals surface area (Å²) in [5.74, 6) is 1.28. The Bertz CT molecular complexity index is 526. The smallest absolute Gasteiger partial charge is 0.0894 e. The maximum Gasteiger partial charge on any atom is 0.0894 e. The lowest BCUT2D eigenvalue weighted by molar-refractivity contribution is 0.616. The number of para-hydroxylation sites is 2. The highest BCUT2D eigenvalue weighted by Crippen LogP contribution is 2.29. The van der Waals surface area contributed by atoms with E-state index >= 15 is 0 Å². The Morgan fingerprint density at radius 1 is 1.37 bits per heavy atom. The molecule has 19 heavy (non-hydrogen) atoms. The molecule has 1 saturated heterocycles. The number of nitrogens with one attached hydrogen (secondary N) is 1. The highest BCUT2D eigenvalue weighted by molar-refractivity contribution is 8.00. The number of aromatic nitrogens is 3. The minimum Gasteiger partial charge on any atom is -0.379 e. The summed E-state index contributed by atoms with van der Waals surface area (Å²) in [7, 11) is 0. The minimum atomic E-state index is 0.531. The fourth-order valence-electron chi connectivity index (χ4n) is 2.44. The summed E-state index contributed by atoms with van der Waals surface area (Å²) in [4.78, 5) is 0. The van der Waals surface area contributed by atoms with Crippen molar-refractivity contribution in [2.45, 2.75) is 31.1 Å². The number of hydrogen-bond acceptors (Lipinski definition) is 4. The monoisotopic (exact) mass is 274 g/mol. The maximum absolute atomic E-state index is 4.08. The van der Waals surface area contributed by atoms with Crippen molar-refractivity contribution in [3.8, 4) is 5.69 Å². The second-order valence-electron chi connectivity index (χ2n) is 4.83. The van der Waals surface area contributed by atoms with Crippen LogP contribution in [0.2, 0.25) is 0 Å². The van der Waals surface area contributed by atoms with E-state index in [1.807, 2.05) is 16.9 Å². The van der Waals surface area contributed by atoms with Crippen LogP contribution in [0.3, 0.4) is 0 Å². The van der Waals surface area contributed by atoms with Crippen LogP contribution < -0.4 is 5.32 Å². The van der Waals surface area contributed by atoms with E-state index in [1.54, 1.807) is 6.20 Å². The van der Waals surface area contributed by atoms with Crippen molar-refractivity contribution >= 4 is 17.4 Å². The van der Waals surface area contributed by atoms with Gasteiger partial charge in [0.15, 0.2) is 0 Å². The molecular weight excluding hydrogens is 256 g/mol. The van der Waals surface area contributed by atoms with Gasteiger partial charge in [0.05, 0.1) is 23.8 Å². The molecular formula is C14H18N4S. The summed E-state index contributed by atoms with van der Waals surface area (Å²) in [6, 6.07) is 8.80. The van der Waals surface area contributed by atoms with Gasteiger partial charge in [-0.25, -0.2) is 4.68 Å². The molecule has 1 aliphatic rings. The summed E-state index contributed by atoms with van der Waals surface area (Å²) < 4.78 is 1.81. The molecule has 4 nitrogen and oxygen atoms in total. The van der Waals surface area contributed by atoms with Crippen molar-refractivity contribution in [1.29, 1.82) is 0 Å². The van der Waals surface area contributed by atoms with Gasteiger partial charge in [-0.05, 0) is 30.7 Å². The van der Waals surface area contributed by atoms with Gasteiger partial charge in [0.2, 0.25) is 0 Å². The van der Waals surface area contributed by atoms with Gasteiger partial charge in [0.1, 0.15) is 0 Å². The fraction of sp³-hybridized carbons (Fsp3) is 0.429. The zero-order valence-electron chi connectivity index (χ0n) is 11.0. The van der Waals surface area contributed by atoms with Crippen LogP contribution in [-0.4, -0.2) is 32.0 Å². The van der Waals surface area contributed by atoms with Crippen molar-refractivity contribution in [1.82, 2.24) is 15.0 Å². The van der Waals surface area contributed by atoms with Crippen LogP contribution in [0.5, 0.6) is 0 Å². The first-order valence-corrected chi connectivity index (χ1v) is 7.73. The summed E-state index contributed by atoms with van der Waals surface area (Å²) in [5, 5.41) is 12.3. The SMILES string of the molecule is CC1SCCCC1Nc1ccccc1-n1ccnn1. The lowest BCUT2D eigenvalue weighted by Gasteiger charge is -2.30. The summed E-state index contributed by atoms with van der Waals surface area (Å²) in [6.07, 6.45) is 6.10. The summed E-state index contributed by atoms with van der Waals surface area (Å²) in [6.45, 7) is 2.31. The Hall–Kier alpha value is -1.49. The van der Waals surface area contributed by atoms with Crippen LogP contribution >= 0.6 is 11.8 Å². The van der Waals surface area contributed by atoms with Crippen molar-refractivity contribution in [3.05, 3.63) is 36.7 Å². The topological polar surface area (TPSA) is 42.7 Å². The molecule has 0 saturated carbocycles. The molecule has 1 aromatic carbocycles. The molecule has 0 bridgehead atoms. The van der Waals surface area contributed by atoms with E-state index in [0.29, 0.717) is 11.3 Å². The van der Waals surface area contributed by atoms with Gasteiger partial charge in [0, 0.05) is 11.3 Å². The normalized spacial score (nSPS) is 23.2. The molecule has 0 spiro atoms. The predicted octanol–water partition coefficient (Wildman–Crippen LogP) is 2.96. The third kappa shape index (κ3) is 2.76. The molecule has 2 unspecified atom stereocenters. The number of nitrogens with zero attached hydrogens (tertiary/aromatic N) is 3. The van der Waals surface area contributed by atoms with E-state index < -0.39 is 0 Å². The summed E-state index contributed by atoms with van der Waals surface area (Å²) in [5.41, 5.74) is 2.19. The second kappa shape index (κ2) is 5.65. The number of thioether (sulfide) groups is 1. The highest BCUT2D eigenvalue weighted by atomic mass is 32.2. The van der Waals surface area contributed by atoms with Crippen molar-refractivity contribution in [2.75, 3.05) is 11.1 Å². The molecule has 0 amide bonds. The molecule has 1 aliphatic heterocycles. The molecule has 0 aliphatic carbocycles. The first-order chi connectivity index (χ1) is 9.34. The van der Waals surface area contributed by atoms with Gasteiger partial charge in [0.25, 0.3) is 0 Å². The highest BCUT2D eigenvalue weighted by Gasteiger charge is 2.22. The number of benzene rings is 1. The Kier molecular flexibility index (Phi) is 3.73. The molecule has 2 heterocycles. The lowest BCUT2D eigenvalue weighted by Crippen LogP contribution is -2.33. The van der Waals surface area contributed by atoms with Crippen molar-refractivity contribution in [2.24, 2.45) is 0 Å². The third-order valence-corrected chi connectivity index (χ3v) is 4.90. The van der Waals surface area contributed by atoms with Gasteiger partial charge in [-0.3, -0.25) is 0 Å². The van der Waals surface area contributed by atoms with Crippen LogP contribution in [0.4, 0.5) is 5.69 Å². The molecule has 1 aromatic heterocycles. The minimum absolute atomic E-state index is 0.531. The van der Waals surface area contributed by atoms with E-state index in [1.165, 1.54) is 18.6 Å². The Morgan fingerprint density at radius 2 is 2.26 bits per heavy atom. The van der Waals surface area contributed by atoms with Crippen LogP contribution in [0.1, 0.15) is 19.8 Å². The first-order valence-electron chi connectivity index (χ1n) is 6.68. The molecule has 2 atom stereocenters. The van der Waals surface area contributed by atoms with Gasteiger partial charge < -0.3 is 5.32 Å². The Balaban J connectivity index is 1.84. The van der Waals surface area contributed by atoms with Gasteiger partial charge in [-0.2, -0.15) is 11.8 Å². The van der Waals surface area contributed by atoms with E-state index in [0.717, 1.165) is 11.4 Å². The molecule has 1 fully saturated rings. The van der Waals surface area contributed by atoms with E-state index in [4.69, 9.17) is 0 Å². The molecule has 5 heteroatoms.